The molecule has 0 unspecified atom stereocenters. The monoisotopic (exact) mass is 512 g/mol. The van der Waals surface area contributed by atoms with Crippen LogP contribution in [0.2, 0.25) is 0 Å². The van der Waals surface area contributed by atoms with Gasteiger partial charge in [0.15, 0.2) is 0 Å². The van der Waals surface area contributed by atoms with Gasteiger partial charge in [-0.15, -0.1) is 0 Å². The van der Waals surface area contributed by atoms with Crippen molar-refractivity contribution in [2.75, 3.05) is 30.3 Å². The molecule has 6 nitrogen and oxygen atoms in total. The van der Waals surface area contributed by atoms with Crippen molar-refractivity contribution in [1.82, 2.24) is 5.32 Å². The number of thioether (sulfide) groups is 1. The summed E-state index contributed by atoms with van der Waals surface area (Å²) in [6.07, 6.45) is 0.798. The minimum absolute atomic E-state index is 0.131. The Morgan fingerprint density at radius 1 is 1.00 bits per heavy atom. The van der Waals surface area contributed by atoms with E-state index in [9.17, 15) is 13.2 Å². The Morgan fingerprint density at radius 2 is 1.74 bits per heavy atom. The molecule has 0 bridgehead atoms. The van der Waals surface area contributed by atoms with E-state index in [1.54, 1.807) is 48.5 Å². The van der Waals surface area contributed by atoms with Gasteiger partial charge in [0.2, 0.25) is 5.91 Å². The lowest BCUT2D eigenvalue weighted by atomic mass is 10.1. The van der Waals surface area contributed by atoms with Crippen LogP contribution in [0.5, 0.6) is 5.75 Å². The summed E-state index contributed by atoms with van der Waals surface area (Å²) in [5, 5.41) is 2.86. The molecule has 186 valence electrons. The quantitative estimate of drug-likeness (QED) is 0.348. The standard InChI is InChI=1S/C27H32N2O4S2/c1-21-12-14-26(15-13-21)35(31,32)29(24-10-6-11-25(18-24)33-3)19-27(30)28-16-7-17-34-20-23-9-5-4-8-22(23)2/h4-6,8-15,18H,7,16-17,19-20H2,1-3H3,(H,28,30). The number of anilines is 1. The van der Waals surface area contributed by atoms with Crippen molar-refractivity contribution in [2.45, 2.75) is 30.9 Å². The minimum atomic E-state index is -3.95. The van der Waals surface area contributed by atoms with Gasteiger partial charge in [0, 0.05) is 18.4 Å². The molecule has 0 atom stereocenters. The van der Waals surface area contributed by atoms with Gasteiger partial charge in [-0.25, -0.2) is 8.42 Å². The average molecular weight is 513 g/mol. The van der Waals surface area contributed by atoms with Gasteiger partial charge < -0.3 is 10.1 Å². The summed E-state index contributed by atoms with van der Waals surface area (Å²) in [5.41, 5.74) is 3.92. The zero-order valence-electron chi connectivity index (χ0n) is 20.4. The fraction of sp³-hybridized carbons (Fsp3) is 0.296. The Hall–Kier alpha value is -2.97. The Morgan fingerprint density at radius 3 is 2.46 bits per heavy atom. The van der Waals surface area contributed by atoms with Crippen LogP contribution in [-0.2, 0) is 20.6 Å². The molecule has 0 saturated carbocycles. The van der Waals surface area contributed by atoms with Crippen LogP contribution in [-0.4, -0.2) is 40.3 Å². The largest absolute Gasteiger partial charge is 0.497 e. The summed E-state index contributed by atoms with van der Waals surface area (Å²) >= 11 is 1.82. The first-order valence-corrected chi connectivity index (χ1v) is 14.0. The zero-order valence-corrected chi connectivity index (χ0v) is 22.0. The van der Waals surface area contributed by atoms with Crippen LogP contribution in [0.1, 0.15) is 23.1 Å². The lowest BCUT2D eigenvalue weighted by molar-refractivity contribution is -0.119. The van der Waals surface area contributed by atoms with E-state index < -0.39 is 10.0 Å². The van der Waals surface area contributed by atoms with Crippen molar-refractivity contribution in [2.24, 2.45) is 0 Å². The maximum absolute atomic E-state index is 13.5. The highest BCUT2D eigenvalue weighted by molar-refractivity contribution is 7.98. The molecule has 3 rings (SSSR count). The number of rotatable bonds is 12. The molecule has 1 amide bonds. The first kappa shape index (κ1) is 26.6. The van der Waals surface area contributed by atoms with Gasteiger partial charge in [-0.3, -0.25) is 9.10 Å². The lowest BCUT2D eigenvalue weighted by Crippen LogP contribution is -2.41. The Bertz CT molecular complexity index is 1230. The normalized spacial score (nSPS) is 11.2. The highest BCUT2D eigenvalue weighted by Gasteiger charge is 2.27. The van der Waals surface area contributed by atoms with Gasteiger partial charge in [0.05, 0.1) is 17.7 Å². The molecule has 3 aromatic carbocycles. The van der Waals surface area contributed by atoms with Crippen molar-refractivity contribution >= 4 is 33.4 Å². The molecule has 0 radical (unpaired) electrons. The van der Waals surface area contributed by atoms with Crippen LogP contribution in [0.3, 0.4) is 0 Å². The molecular weight excluding hydrogens is 480 g/mol. The number of ether oxygens (including phenoxy) is 1. The van der Waals surface area contributed by atoms with Gasteiger partial charge in [-0.1, -0.05) is 48.0 Å². The number of benzene rings is 3. The van der Waals surface area contributed by atoms with E-state index in [1.165, 1.54) is 18.2 Å². The number of carbonyl (C=O) groups is 1. The number of nitrogens with zero attached hydrogens (tertiary/aromatic N) is 1. The molecule has 8 heteroatoms. The smallest absolute Gasteiger partial charge is 0.264 e. The van der Waals surface area contributed by atoms with Crippen molar-refractivity contribution in [1.29, 1.82) is 0 Å². The highest BCUT2D eigenvalue weighted by Crippen LogP contribution is 2.27. The zero-order chi connectivity index (χ0) is 25.3. The maximum Gasteiger partial charge on any atom is 0.264 e. The van der Waals surface area contributed by atoms with Gasteiger partial charge in [0.25, 0.3) is 10.0 Å². The second-order valence-electron chi connectivity index (χ2n) is 8.21. The predicted molar refractivity (Wildman–Crippen MR) is 144 cm³/mol. The molecule has 0 aromatic heterocycles. The molecule has 0 aliphatic heterocycles. The third kappa shape index (κ3) is 7.50. The molecule has 0 aliphatic rings. The van der Waals surface area contributed by atoms with Crippen molar-refractivity contribution in [3.63, 3.8) is 0 Å². The summed E-state index contributed by atoms with van der Waals surface area (Å²) in [4.78, 5) is 12.9. The predicted octanol–water partition coefficient (Wildman–Crippen LogP) is 4.95. The molecule has 0 saturated heterocycles. The summed E-state index contributed by atoms with van der Waals surface area (Å²) < 4.78 is 33.3. The third-order valence-corrected chi connectivity index (χ3v) is 8.42. The van der Waals surface area contributed by atoms with Crippen LogP contribution < -0.4 is 14.4 Å². The number of methoxy groups -OCH3 is 1. The number of hydrogen-bond donors (Lipinski definition) is 1. The fourth-order valence-electron chi connectivity index (χ4n) is 3.46. The van der Waals surface area contributed by atoms with Crippen LogP contribution in [0.15, 0.2) is 77.7 Å². The fourth-order valence-corrected chi connectivity index (χ4v) is 5.91. The van der Waals surface area contributed by atoms with E-state index in [-0.39, 0.29) is 17.3 Å². The topological polar surface area (TPSA) is 75.7 Å². The van der Waals surface area contributed by atoms with Gasteiger partial charge in [-0.05, 0) is 61.4 Å². The van der Waals surface area contributed by atoms with E-state index in [2.05, 4.69) is 24.4 Å². The molecule has 0 heterocycles. The van der Waals surface area contributed by atoms with Gasteiger partial charge in [0.1, 0.15) is 12.3 Å². The van der Waals surface area contributed by atoms with Gasteiger partial charge in [-0.2, -0.15) is 11.8 Å². The summed E-state index contributed by atoms with van der Waals surface area (Å²) in [7, 11) is -2.44. The summed E-state index contributed by atoms with van der Waals surface area (Å²) in [6, 6.07) is 21.6. The maximum atomic E-state index is 13.5. The number of amides is 1. The second kappa shape index (κ2) is 12.7. The first-order chi connectivity index (χ1) is 16.8. The lowest BCUT2D eigenvalue weighted by Gasteiger charge is -2.24. The van der Waals surface area contributed by atoms with Crippen molar-refractivity contribution < 1.29 is 17.9 Å². The average Bonchev–Trinajstić information content (AvgIpc) is 2.86. The summed E-state index contributed by atoms with van der Waals surface area (Å²) in [5.74, 6) is 1.99. The Kier molecular flexibility index (Phi) is 9.63. The van der Waals surface area contributed by atoms with Crippen LogP contribution in [0.4, 0.5) is 5.69 Å². The molecule has 1 N–H and O–H groups in total. The number of nitrogens with one attached hydrogen (secondary N) is 1. The SMILES string of the molecule is COc1cccc(N(CC(=O)NCCCSCc2ccccc2C)S(=O)(=O)c2ccc(C)cc2)c1. The molecule has 3 aromatic rings. The van der Waals surface area contributed by atoms with Crippen LogP contribution >= 0.6 is 11.8 Å². The third-order valence-electron chi connectivity index (χ3n) is 5.54. The molecule has 0 spiro atoms. The van der Waals surface area contributed by atoms with E-state index in [0.29, 0.717) is 18.0 Å². The highest BCUT2D eigenvalue weighted by atomic mass is 32.2. The van der Waals surface area contributed by atoms with Crippen molar-refractivity contribution in [3.8, 4) is 5.75 Å². The van der Waals surface area contributed by atoms with Crippen LogP contribution in [0.25, 0.3) is 0 Å². The minimum Gasteiger partial charge on any atom is -0.497 e. The number of carbonyl (C=O) groups excluding carboxylic acids is 1. The van der Waals surface area contributed by atoms with E-state index >= 15 is 0 Å². The van der Waals surface area contributed by atoms with E-state index in [4.69, 9.17) is 4.74 Å². The first-order valence-electron chi connectivity index (χ1n) is 11.4. The number of aryl methyl sites for hydroxylation is 2. The van der Waals surface area contributed by atoms with Crippen LogP contribution in [0, 0.1) is 13.8 Å². The Labute approximate surface area is 212 Å². The van der Waals surface area contributed by atoms with E-state index in [1.807, 2.05) is 30.8 Å². The second-order valence-corrected chi connectivity index (χ2v) is 11.2. The summed E-state index contributed by atoms with van der Waals surface area (Å²) in [6.45, 7) is 4.16. The van der Waals surface area contributed by atoms with Gasteiger partial charge >= 0.3 is 0 Å². The number of sulfonamides is 1. The van der Waals surface area contributed by atoms with Crippen molar-refractivity contribution in [3.05, 3.63) is 89.5 Å². The molecule has 0 aliphatic carbocycles. The molecule has 0 fully saturated rings. The number of hydrogen-bond acceptors (Lipinski definition) is 5. The Balaban J connectivity index is 1.62. The molecular formula is C27H32N2O4S2. The molecule has 35 heavy (non-hydrogen) atoms. The van der Waals surface area contributed by atoms with E-state index in [0.717, 1.165) is 27.8 Å².